The lowest BCUT2D eigenvalue weighted by atomic mass is 9.99. The molecule has 0 bridgehead atoms. The molecule has 1 fully saturated rings. The number of benzene rings is 2. The minimum atomic E-state index is -1.06. The number of halogens is 1. The Labute approximate surface area is 189 Å². The van der Waals surface area contributed by atoms with Crippen LogP contribution in [0.25, 0.3) is 0 Å². The fraction of sp³-hybridized carbons (Fsp3) is 0.318. The van der Waals surface area contributed by atoms with Crippen molar-refractivity contribution in [3.05, 3.63) is 63.2 Å². The van der Waals surface area contributed by atoms with Crippen LogP contribution in [0, 0.1) is 10.1 Å². The molecular weight excluding hydrogens is 438 g/mol. The summed E-state index contributed by atoms with van der Waals surface area (Å²) in [6.45, 7) is 5.18. The van der Waals surface area contributed by atoms with Crippen molar-refractivity contribution in [1.82, 2.24) is 4.90 Å². The third-order valence-corrected chi connectivity index (χ3v) is 5.42. The van der Waals surface area contributed by atoms with E-state index in [-0.39, 0.29) is 17.0 Å². The normalized spacial score (nSPS) is 16.3. The monoisotopic (exact) mass is 459 g/mol. The van der Waals surface area contributed by atoms with Gasteiger partial charge in [0.15, 0.2) is 0 Å². The molecule has 1 heterocycles. The van der Waals surface area contributed by atoms with E-state index in [1.807, 2.05) is 0 Å². The molecule has 2 aromatic carbocycles. The lowest BCUT2D eigenvalue weighted by Gasteiger charge is -2.39. The van der Waals surface area contributed by atoms with Crippen molar-refractivity contribution >= 4 is 40.7 Å². The Hall–Kier alpha value is -3.46. The third-order valence-electron chi connectivity index (χ3n) is 5.10. The van der Waals surface area contributed by atoms with Crippen molar-refractivity contribution in [2.75, 3.05) is 12.0 Å². The fourth-order valence-corrected chi connectivity index (χ4v) is 3.85. The maximum atomic E-state index is 13.4. The van der Waals surface area contributed by atoms with Crippen LogP contribution in [0.2, 0.25) is 5.02 Å². The molecule has 3 rings (SSSR count). The SMILES string of the molecule is COc1ccc(N2C(=O)CC(N(C(=O)c3ccc(Cl)c([N+](=O)[O-])c3)C(C)(C)C)C2=O)cc1. The molecule has 1 atom stereocenters. The van der Waals surface area contributed by atoms with Crippen LogP contribution in [-0.2, 0) is 9.59 Å². The van der Waals surface area contributed by atoms with E-state index in [1.165, 1.54) is 24.1 Å². The average molecular weight is 460 g/mol. The van der Waals surface area contributed by atoms with Crippen molar-refractivity contribution in [2.24, 2.45) is 0 Å². The molecule has 3 amide bonds. The Bertz CT molecular complexity index is 1090. The van der Waals surface area contributed by atoms with Crippen molar-refractivity contribution in [1.29, 1.82) is 0 Å². The summed E-state index contributed by atoms with van der Waals surface area (Å²) < 4.78 is 5.11. The summed E-state index contributed by atoms with van der Waals surface area (Å²) in [5.74, 6) is -1.04. The highest BCUT2D eigenvalue weighted by molar-refractivity contribution is 6.32. The molecule has 0 saturated carbocycles. The predicted molar refractivity (Wildman–Crippen MR) is 118 cm³/mol. The molecule has 0 radical (unpaired) electrons. The summed E-state index contributed by atoms with van der Waals surface area (Å²) in [6, 6.07) is 9.06. The maximum Gasteiger partial charge on any atom is 0.288 e. The van der Waals surface area contributed by atoms with Gasteiger partial charge in [-0.2, -0.15) is 0 Å². The predicted octanol–water partition coefficient (Wildman–Crippen LogP) is 3.83. The summed E-state index contributed by atoms with van der Waals surface area (Å²) in [4.78, 5) is 52.3. The minimum Gasteiger partial charge on any atom is -0.497 e. The maximum absolute atomic E-state index is 13.4. The van der Waals surface area contributed by atoms with Crippen molar-refractivity contribution in [2.45, 2.75) is 38.8 Å². The van der Waals surface area contributed by atoms with Crippen LogP contribution in [-0.4, -0.2) is 46.2 Å². The van der Waals surface area contributed by atoms with E-state index in [0.717, 1.165) is 11.0 Å². The molecule has 168 valence electrons. The molecule has 1 aliphatic rings. The second kappa shape index (κ2) is 8.58. The van der Waals surface area contributed by atoms with Crippen LogP contribution in [0.3, 0.4) is 0 Å². The number of ether oxygens (including phenoxy) is 1. The van der Waals surface area contributed by atoms with Crippen molar-refractivity contribution in [3.63, 3.8) is 0 Å². The molecule has 1 aliphatic heterocycles. The molecule has 10 heteroatoms. The summed E-state index contributed by atoms with van der Waals surface area (Å²) in [5, 5.41) is 11.1. The zero-order valence-corrected chi connectivity index (χ0v) is 18.8. The number of rotatable bonds is 5. The van der Waals surface area contributed by atoms with E-state index in [9.17, 15) is 24.5 Å². The zero-order chi connectivity index (χ0) is 23.8. The fourth-order valence-electron chi connectivity index (χ4n) is 3.66. The molecule has 0 spiro atoms. The van der Waals surface area contributed by atoms with Gasteiger partial charge >= 0.3 is 0 Å². The molecule has 1 unspecified atom stereocenters. The first kappa shape index (κ1) is 23.2. The largest absolute Gasteiger partial charge is 0.497 e. The number of amides is 3. The van der Waals surface area contributed by atoms with Crippen LogP contribution >= 0.6 is 11.6 Å². The van der Waals surface area contributed by atoms with Gasteiger partial charge in [-0.1, -0.05) is 11.6 Å². The zero-order valence-electron chi connectivity index (χ0n) is 18.0. The van der Waals surface area contributed by atoms with Gasteiger partial charge in [-0.3, -0.25) is 24.5 Å². The van der Waals surface area contributed by atoms with E-state index in [4.69, 9.17) is 16.3 Å². The molecule has 0 N–H and O–H groups in total. The Morgan fingerprint density at radius 2 is 1.81 bits per heavy atom. The first-order valence-corrected chi connectivity index (χ1v) is 10.1. The number of nitrogens with zero attached hydrogens (tertiary/aromatic N) is 3. The van der Waals surface area contributed by atoms with Gasteiger partial charge in [-0.05, 0) is 57.2 Å². The highest BCUT2D eigenvalue weighted by Crippen LogP contribution is 2.33. The van der Waals surface area contributed by atoms with Gasteiger partial charge in [-0.25, -0.2) is 4.90 Å². The Morgan fingerprint density at radius 3 is 2.34 bits per heavy atom. The lowest BCUT2D eigenvalue weighted by molar-refractivity contribution is -0.384. The number of carbonyl (C=O) groups is 3. The highest BCUT2D eigenvalue weighted by atomic mass is 35.5. The van der Waals surface area contributed by atoms with Gasteiger partial charge in [0, 0.05) is 17.2 Å². The van der Waals surface area contributed by atoms with Gasteiger partial charge in [0.05, 0.1) is 24.1 Å². The molecule has 1 saturated heterocycles. The number of imide groups is 1. The number of hydrogen-bond acceptors (Lipinski definition) is 6. The topological polar surface area (TPSA) is 110 Å². The second-order valence-electron chi connectivity index (χ2n) is 8.25. The van der Waals surface area contributed by atoms with Crippen LogP contribution < -0.4 is 9.64 Å². The first-order valence-electron chi connectivity index (χ1n) is 9.74. The Balaban J connectivity index is 1.99. The summed E-state index contributed by atoms with van der Waals surface area (Å²) in [7, 11) is 1.51. The van der Waals surface area contributed by atoms with E-state index in [0.29, 0.717) is 11.4 Å². The van der Waals surface area contributed by atoms with Crippen LogP contribution in [0.15, 0.2) is 42.5 Å². The van der Waals surface area contributed by atoms with Gasteiger partial charge in [0.2, 0.25) is 5.91 Å². The van der Waals surface area contributed by atoms with Crippen LogP contribution in [0.5, 0.6) is 5.75 Å². The number of hydrogen-bond donors (Lipinski definition) is 0. The minimum absolute atomic E-state index is 0.000767. The number of nitro benzene ring substituents is 1. The highest BCUT2D eigenvalue weighted by Gasteiger charge is 2.47. The number of carbonyl (C=O) groups excluding carboxylic acids is 3. The smallest absolute Gasteiger partial charge is 0.288 e. The van der Waals surface area contributed by atoms with Crippen molar-refractivity contribution < 1.29 is 24.0 Å². The number of nitro groups is 1. The van der Waals surface area contributed by atoms with Gasteiger partial charge in [-0.15, -0.1) is 0 Å². The Morgan fingerprint density at radius 1 is 1.19 bits per heavy atom. The molecule has 0 aliphatic carbocycles. The summed E-state index contributed by atoms with van der Waals surface area (Å²) in [5.41, 5.74) is -0.909. The van der Waals surface area contributed by atoms with Gasteiger partial charge < -0.3 is 9.64 Å². The molecule has 32 heavy (non-hydrogen) atoms. The Kier molecular flexibility index (Phi) is 6.23. The van der Waals surface area contributed by atoms with Crippen molar-refractivity contribution in [3.8, 4) is 5.75 Å². The molecule has 2 aromatic rings. The second-order valence-corrected chi connectivity index (χ2v) is 8.66. The van der Waals surface area contributed by atoms with E-state index >= 15 is 0 Å². The first-order chi connectivity index (χ1) is 15.0. The number of methoxy groups -OCH3 is 1. The third kappa shape index (κ3) is 4.29. The van der Waals surface area contributed by atoms with E-state index < -0.39 is 39.9 Å². The van der Waals surface area contributed by atoms with Gasteiger partial charge in [0.25, 0.3) is 17.5 Å². The van der Waals surface area contributed by atoms with E-state index in [2.05, 4.69) is 0 Å². The molecule has 0 aromatic heterocycles. The van der Waals surface area contributed by atoms with Crippen LogP contribution in [0.1, 0.15) is 37.6 Å². The summed E-state index contributed by atoms with van der Waals surface area (Å²) in [6.07, 6.45) is -0.205. The summed E-state index contributed by atoms with van der Waals surface area (Å²) >= 11 is 5.86. The standard InChI is InChI=1S/C22H22ClN3O6/c1-22(2,3)25(20(28)13-5-10-16(23)17(11-13)26(30)31)18-12-19(27)24(21(18)29)14-6-8-15(32-4)9-7-14/h5-11,18H,12H2,1-4H3. The van der Waals surface area contributed by atoms with Crippen LogP contribution in [0.4, 0.5) is 11.4 Å². The average Bonchev–Trinajstić information content (AvgIpc) is 3.00. The molecular formula is C22H22ClN3O6. The lowest BCUT2D eigenvalue weighted by Crippen LogP contribution is -2.54. The molecule has 9 nitrogen and oxygen atoms in total. The van der Waals surface area contributed by atoms with E-state index in [1.54, 1.807) is 45.0 Å². The van der Waals surface area contributed by atoms with Gasteiger partial charge in [0.1, 0.15) is 16.8 Å². The quantitative estimate of drug-likeness (QED) is 0.381. The number of anilines is 1.